The van der Waals surface area contributed by atoms with Gasteiger partial charge in [-0.3, -0.25) is 4.79 Å². The van der Waals surface area contributed by atoms with Crippen LogP contribution in [-0.4, -0.2) is 29.2 Å². The molecule has 1 aromatic carbocycles. The molecule has 0 bridgehead atoms. The minimum Gasteiger partial charge on any atom is -0.399 e. The van der Waals surface area contributed by atoms with Crippen molar-refractivity contribution in [3.63, 3.8) is 0 Å². The van der Waals surface area contributed by atoms with Crippen LogP contribution in [0, 0.1) is 6.92 Å². The van der Waals surface area contributed by atoms with Gasteiger partial charge in [-0.1, -0.05) is 17.7 Å². The van der Waals surface area contributed by atoms with Gasteiger partial charge in [-0.05, 0) is 64.3 Å². The lowest BCUT2D eigenvalue weighted by Crippen LogP contribution is -2.41. The van der Waals surface area contributed by atoms with Gasteiger partial charge in [0.2, 0.25) is 0 Å². The second kappa shape index (κ2) is 6.28. The van der Waals surface area contributed by atoms with Crippen molar-refractivity contribution in [2.45, 2.75) is 45.8 Å². The monoisotopic (exact) mass is 338 g/mol. The number of hydrogen-bond donors (Lipinski definition) is 1. The van der Waals surface area contributed by atoms with Gasteiger partial charge in [0.15, 0.2) is 0 Å². The molecule has 1 amide bonds. The first kappa shape index (κ1) is 17.6. The molecule has 3 rings (SSSR count). The van der Waals surface area contributed by atoms with Crippen LogP contribution in [0.25, 0.3) is 0 Å². The van der Waals surface area contributed by atoms with E-state index in [4.69, 9.17) is 9.31 Å². The SMILES string of the molecule is Cc1cc(C(=O)Nc2ccccn2)ccc1B1OC(C)(C)C(C)(C)O1. The molecule has 1 fully saturated rings. The molecule has 0 radical (unpaired) electrons. The van der Waals surface area contributed by atoms with Gasteiger partial charge in [0.1, 0.15) is 5.82 Å². The maximum Gasteiger partial charge on any atom is 0.495 e. The molecule has 130 valence electrons. The van der Waals surface area contributed by atoms with Crippen molar-refractivity contribution >= 4 is 24.3 Å². The Morgan fingerprint density at radius 1 is 1.08 bits per heavy atom. The number of nitrogens with zero attached hydrogens (tertiary/aromatic N) is 1. The van der Waals surface area contributed by atoms with Gasteiger partial charge in [-0.25, -0.2) is 4.98 Å². The van der Waals surface area contributed by atoms with E-state index in [1.165, 1.54) is 0 Å². The van der Waals surface area contributed by atoms with Crippen LogP contribution in [0.4, 0.5) is 5.82 Å². The molecule has 0 spiro atoms. The topological polar surface area (TPSA) is 60.5 Å². The van der Waals surface area contributed by atoms with E-state index < -0.39 is 7.12 Å². The van der Waals surface area contributed by atoms with Crippen molar-refractivity contribution in [1.29, 1.82) is 0 Å². The summed E-state index contributed by atoms with van der Waals surface area (Å²) >= 11 is 0. The maximum atomic E-state index is 12.4. The van der Waals surface area contributed by atoms with Gasteiger partial charge in [0, 0.05) is 11.8 Å². The molecule has 2 aromatic rings. The number of rotatable bonds is 3. The molecule has 6 heteroatoms. The van der Waals surface area contributed by atoms with Gasteiger partial charge in [-0.2, -0.15) is 0 Å². The number of hydrogen-bond acceptors (Lipinski definition) is 4. The molecule has 5 nitrogen and oxygen atoms in total. The fourth-order valence-corrected chi connectivity index (χ4v) is 2.68. The normalized spacial score (nSPS) is 18.2. The Bertz CT molecular complexity index is 775. The number of pyridine rings is 1. The zero-order valence-electron chi connectivity index (χ0n) is 15.3. The lowest BCUT2D eigenvalue weighted by Gasteiger charge is -2.32. The van der Waals surface area contributed by atoms with Crippen molar-refractivity contribution in [3.8, 4) is 0 Å². The summed E-state index contributed by atoms with van der Waals surface area (Å²) in [7, 11) is -0.432. The Kier molecular flexibility index (Phi) is 4.43. The van der Waals surface area contributed by atoms with Crippen LogP contribution in [0.3, 0.4) is 0 Å². The van der Waals surface area contributed by atoms with E-state index in [0.29, 0.717) is 11.4 Å². The van der Waals surface area contributed by atoms with Crippen LogP contribution >= 0.6 is 0 Å². The molecule has 1 saturated heterocycles. The largest absolute Gasteiger partial charge is 0.495 e. The van der Waals surface area contributed by atoms with Crippen LogP contribution in [0.2, 0.25) is 0 Å². The van der Waals surface area contributed by atoms with Crippen molar-refractivity contribution in [2.75, 3.05) is 5.32 Å². The summed E-state index contributed by atoms with van der Waals surface area (Å²) < 4.78 is 12.2. The first-order chi connectivity index (χ1) is 11.7. The molecule has 1 aliphatic rings. The summed E-state index contributed by atoms with van der Waals surface area (Å²) in [5, 5.41) is 2.79. The quantitative estimate of drug-likeness (QED) is 0.874. The number of aromatic nitrogens is 1. The van der Waals surface area contributed by atoms with Gasteiger partial charge >= 0.3 is 7.12 Å². The second-order valence-corrected chi connectivity index (χ2v) is 7.33. The average molecular weight is 338 g/mol. The molecular weight excluding hydrogens is 315 g/mol. The number of aryl methyl sites for hydroxylation is 1. The Morgan fingerprint density at radius 3 is 2.32 bits per heavy atom. The van der Waals surface area contributed by atoms with E-state index in [1.807, 2.05) is 52.8 Å². The number of benzene rings is 1. The zero-order chi connectivity index (χ0) is 18.2. The second-order valence-electron chi connectivity index (χ2n) is 7.33. The van der Waals surface area contributed by atoms with Crippen LogP contribution in [0.5, 0.6) is 0 Å². The predicted octanol–water partition coefficient (Wildman–Crippen LogP) is 2.94. The molecule has 1 N–H and O–H groups in total. The fraction of sp³-hybridized carbons (Fsp3) is 0.368. The smallest absolute Gasteiger partial charge is 0.399 e. The third kappa shape index (κ3) is 3.46. The maximum absolute atomic E-state index is 12.4. The highest BCUT2D eigenvalue weighted by Gasteiger charge is 2.52. The molecule has 2 heterocycles. The van der Waals surface area contributed by atoms with E-state index in [2.05, 4.69) is 10.3 Å². The minimum atomic E-state index is -0.432. The van der Waals surface area contributed by atoms with Crippen LogP contribution in [0.1, 0.15) is 43.6 Å². The van der Waals surface area contributed by atoms with Gasteiger partial charge in [0.05, 0.1) is 11.2 Å². The van der Waals surface area contributed by atoms with Gasteiger partial charge in [-0.15, -0.1) is 0 Å². The Labute approximate surface area is 148 Å². The van der Waals surface area contributed by atoms with Crippen LogP contribution in [0.15, 0.2) is 42.6 Å². The molecule has 0 saturated carbocycles. The van der Waals surface area contributed by atoms with Crippen molar-refractivity contribution in [3.05, 3.63) is 53.7 Å². The third-order valence-electron chi connectivity index (χ3n) is 4.95. The van der Waals surface area contributed by atoms with Crippen LogP contribution < -0.4 is 10.8 Å². The highest BCUT2D eigenvalue weighted by molar-refractivity contribution is 6.62. The Hall–Kier alpha value is -2.18. The summed E-state index contributed by atoms with van der Waals surface area (Å²) in [5.74, 6) is 0.336. The van der Waals surface area contributed by atoms with E-state index in [0.717, 1.165) is 11.0 Å². The number of nitrogens with one attached hydrogen (secondary N) is 1. The number of carbonyl (C=O) groups is 1. The van der Waals surface area contributed by atoms with Gasteiger partial charge in [0.25, 0.3) is 5.91 Å². The number of carbonyl (C=O) groups excluding carboxylic acids is 1. The highest BCUT2D eigenvalue weighted by Crippen LogP contribution is 2.36. The Morgan fingerprint density at radius 2 is 1.76 bits per heavy atom. The third-order valence-corrected chi connectivity index (χ3v) is 4.95. The summed E-state index contributed by atoms with van der Waals surface area (Å²) in [4.78, 5) is 16.5. The minimum absolute atomic E-state index is 0.192. The lowest BCUT2D eigenvalue weighted by atomic mass is 9.76. The first-order valence-electron chi connectivity index (χ1n) is 8.38. The molecule has 25 heavy (non-hydrogen) atoms. The molecule has 0 atom stereocenters. The summed E-state index contributed by atoms with van der Waals surface area (Å²) in [6.07, 6.45) is 1.64. The first-order valence-corrected chi connectivity index (χ1v) is 8.38. The van der Waals surface area contributed by atoms with E-state index >= 15 is 0 Å². The van der Waals surface area contributed by atoms with E-state index in [9.17, 15) is 4.79 Å². The standard InChI is InChI=1S/C19H23BN2O3/c1-13-12-14(17(23)22-16-8-6-7-11-21-16)9-10-15(13)20-24-18(2,3)19(4,5)25-20/h6-12H,1-5H3,(H,21,22,23). The lowest BCUT2D eigenvalue weighted by molar-refractivity contribution is 0.00578. The Balaban J connectivity index is 1.79. The van der Waals surface area contributed by atoms with E-state index in [-0.39, 0.29) is 17.1 Å². The van der Waals surface area contributed by atoms with Crippen LogP contribution in [-0.2, 0) is 9.31 Å². The average Bonchev–Trinajstić information content (AvgIpc) is 2.76. The molecular formula is C19H23BN2O3. The van der Waals surface area contributed by atoms with Crippen molar-refractivity contribution in [1.82, 2.24) is 4.98 Å². The summed E-state index contributed by atoms with van der Waals surface area (Å²) in [5.41, 5.74) is 1.68. The highest BCUT2D eigenvalue weighted by atomic mass is 16.7. The molecule has 0 aliphatic carbocycles. The molecule has 1 aliphatic heterocycles. The van der Waals surface area contributed by atoms with Crippen molar-refractivity contribution < 1.29 is 14.1 Å². The summed E-state index contributed by atoms with van der Waals surface area (Å²) in [6.45, 7) is 10.1. The van der Waals surface area contributed by atoms with E-state index in [1.54, 1.807) is 24.4 Å². The fourth-order valence-electron chi connectivity index (χ4n) is 2.68. The zero-order valence-corrected chi connectivity index (χ0v) is 15.3. The number of amides is 1. The molecule has 1 aromatic heterocycles. The number of anilines is 1. The van der Waals surface area contributed by atoms with Gasteiger partial charge < -0.3 is 14.6 Å². The summed E-state index contributed by atoms with van der Waals surface area (Å²) in [6, 6.07) is 10.9. The molecule has 0 unspecified atom stereocenters. The van der Waals surface area contributed by atoms with Crippen molar-refractivity contribution in [2.24, 2.45) is 0 Å². The predicted molar refractivity (Wildman–Crippen MR) is 99.1 cm³/mol.